The van der Waals surface area contributed by atoms with Gasteiger partial charge < -0.3 is 4.74 Å². The maximum atomic E-state index is 12.1. The van der Waals surface area contributed by atoms with Crippen LogP contribution < -0.4 is 0 Å². The first-order valence-electron chi connectivity index (χ1n) is 6.22. The SMILES string of the molecule is CCCO[C@H](C)CN1C(=O)c2ccccc2C1=O. The number of amides is 2. The van der Waals surface area contributed by atoms with Crippen LogP contribution in [0.1, 0.15) is 41.0 Å². The van der Waals surface area contributed by atoms with Gasteiger partial charge >= 0.3 is 0 Å². The van der Waals surface area contributed by atoms with Crippen molar-refractivity contribution in [2.45, 2.75) is 26.4 Å². The van der Waals surface area contributed by atoms with Crippen molar-refractivity contribution in [1.82, 2.24) is 4.90 Å². The number of ether oxygens (including phenoxy) is 1. The lowest BCUT2D eigenvalue weighted by Crippen LogP contribution is -2.36. The molecule has 0 unspecified atom stereocenters. The number of carbonyl (C=O) groups excluding carboxylic acids is 2. The highest BCUT2D eigenvalue weighted by atomic mass is 16.5. The molecule has 1 atom stereocenters. The number of rotatable bonds is 5. The lowest BCUT2D eigenvalue weighted by Gasteiger charge is -2.19. The Morgan fingerprint density at radius 3 is 2.22 bits per heavy atom. The van der Waals surface area contributed by atoms with Gasteiger partial charge in [0.25, 0.3) is 11.8 Å². The molecule has 1 aromatic rings. The fourth-order valence-corrected chi connectivity index (χ4v) is 2.03. The normalized spacial score (nSPS) is 16.0. The van der Waals surface area contributed by atoms with Crippen molar-refractivity contribution in [2.75, 3.05) is 13.2 Å². The lowest BCUT2D eigenvalue weighted by molar-refractivity contribution is 0.0323. The molecule has 0 saturated heterocycles. The van der Waals surface area contributed by atoms with E-state index < -0.39 is 0 Å². The maximum absolute atomic E-state index is 12.1. The van der Waals surface area contributed by atoms with E-state index in [1.807, 2.05) is 13.8 Å². The Hall–Kier alpha value is -1.68. The molecule has 0 radical (unpaired) electrons. The van der Waals surface area contributed by atoms with Crippen molar-refractivity contribution in [3.63, 3.8) is 0 Å². The first kappa shape index (κ1) is 12.8. The molecule has 0 fully saturated rings. The third-order valence-corrected chi connectivity index (χ3v) is 2.92. The zero-order valence-corrected chi connectivity index (χ0v) is 10.7. The molecule has 0 bridgehead atoms. The highest BCUT2D eigenvalue weighted by Gasteiger charge is 2.35. The van der Waals surface area contributed by atoms with E-state index in [1.165, 1.54) is 4.90 Å². The summed E-state index contributed by atoms with van der Waals surface area (Å²) < 4.78 is 5.50. The van der Waals surface area contributed by atoms with Crippen molar-refractivity contribution in [2.24, 2.45) is 0 Å². The van der Waals surface area contributed by atoms with Gasteiger partial charge in [-0.3, -0.25) is 14.5 Å². The summed E-state index contributed by atoms with van der Waals surface area (Å²) in [5, 5.41) is 0. The molecule has 0 aromatic heterocycles. The van der Waals surface area contributed by atoms with Crippen LogP contribution in [0.3, 0.4) is 0 Å². The first-order chi connectivity index (χ1) is 8.65. The number of nitrogens with zero attached hydrogens (tertiary/aromatic N) is 1. The summed E-state index contributed by atoms with van der Waals surface area (Å²) in [6, 6.07) is 6.91. The monoisotopic (exact) mass is 247 g/mol. The van der Waals surface area contributed by atoms with Gasteiger partial charge in [-0.05, 0) is 25.5 Å². The van der Waals surface area contributed by atoms with Crippen LogP contribution in [0.4, 0.5) is 0 Å². The number of benzene rings is 1. The second-order valence-corrected chi connectivity index (χ2v) is 4.45. The van der Waals surface area contributed by atoms with E-state index in [9.17, 15) is 9.59 Å². The number of imide groups is 1. The Bertz CT molecular complexity index is 435. The minimum atomic E-state index is -0.220. The standard InChI is InChI=1S/C14H17NO3/c1-3-8-18-10(2)9-15-13(16)11-6-4-5-7-12(11)14(15)17/h4-7,10H,3,8-9H2,1-2H3/t10-/m1/s1. The Morgan fingerprint density at radius 1 is 1.17 bits per heavy atom. The van der Waals surface area contributed by atoms with Crippen molar-refractivity contribution in [3.05, 3.63) is 35.4 Å². The van der Waals surface area contributed by atoms with E-state index in [-0.39, 0.29) is 17.9 Å². The molecule has 18 heavy (non-hydrogen) atoms. The van der Waals surface area contributed by atoms with Crippen LogP contribution in [0.15, 0.2) is 24.3 Å². The highest BCUT2D eigenvalue weighted by molar-refractivity contribution is 6.21. The average Bonchev–Trinajstić information content (AvgIpc) is 2.62. The second kappa shape index (κ2) is 5.31. The van der Waals surface area contributed by atoms with Gasteiger partial charge in [-0.1, -0.05) is 19.1 Å². The van der Waals surface area contributed by atoms with Crippen molar-refractivity contribution in [3.8, 4) is 0 Å². The van der Waals surface area contributed by atoms with Gasteiger partial charge in [0.05, 0.1) is 23.8 Å². The third-order valence-electron chi connectivity index (χ3n) is 2.92. The molecule has 4 nitrogen and oxygen atoms in total. The minimum Gasteiger partial charge on any atom is -0.377 e. The van der Waals surface area contributed by atoms with E-state index in [0.29, 0.717) is 24.3 Å². The Morgan fingerprint density at radius 2 is 1.72 bits per heavy atom. The van der Waals surface area contributed by atoms with Crippen LogP contribution >= 0.6 is 0 Å². The fourth-order valence-electron chi connectivity index (χ4n) is 2.03. The topological polar surface area (TPSA) is 46.6 Å². The van der Waals surface area contributed by atoms with Crippen molar-refractivity contribution >= 4 is 11.8 Å². The predicted molar refractivity (Wildman–Crippen MR) is 67.5 cm³/mol. The average molecular weight is 247 g/mol. The van der Waals surface area contributed by atoms with Crippen LogP contribution in [0.5, 0.6) is 0 Å². The Labute approximate surface area is 107 Å². The summed E-state index contributed by atoms with van der Waals surface area (Å²) in [5.41, 5.74) is 0.982. The number of hydrogen-bond donors (Lipinski definition) is 0. The van der Waals surface area contributed by atoms with E-state index in [0.717, 1.165) is 6.42 Å². The predicted octanol–water partition coefficient (Wildman–Crippen LogP) is 2.10. The summed E-state index contributed by atoms with van der Waals surface area (Å²) >= 11 is 0. The van der Waals surface area contributed by atoms with Gasteiger partial charge in [-0.25, -0.2) is 0 Å². The van der Waals surface area contributed by atoms with E-state index in [4.69, 9.17) is 4.74 Å². The molecule has 1 aromatic carbocycles. The highest BCUT2D eigenvalue weighted by Crippen LogP contribution is 2.22. The zero-order chi connectivity index (χ0) is 13.1. The molecule has 0 spiro atoms. The Kier molecular flexibility index (Phi) is 3.77. The maximum Gasteiger partial charge on any atom is 0.261 e. The molecule has 96 valence electrons. The van der Waals surface area contributed by atoms with Crippen LogP contribution in [0.2, 0.25) is 0 Å². The Balaban J connectivity index is 2.09. The number of hydrogen-bond acceptors (Lipinski definition) is 3. The summed E-state index contributed by atoms with van der Waals surface area (Å²) in [4.78, 5) is 25.4. The molecule has 1 heterocycles. The quantitative estimate of drug-likeness (QED) is 0.748. The molecule has 0 saturated carbocycles. The van der Waals surface area contributed by atoms with Crippen LogP contribution in [-0.2, 0) is 4.74 Å². The van der Waals surface area contributed by atoms with E-state index in [1.54, 1.807) is 24.3 Å². The molecule has 4 heteroatoms. The van der Waals surface area contributed by atoms with Gasteiger partial charge in [0.1, 0.15) is 0 Å². The summed E-state index contributed by atoms with van der Waals surface area (Å²) in [6.07, 6.45) is 0.791. The van der Waals surface area contributed by atoms with Crippen LogP contribution in [0.25, 0.3) is 0 Å². The molecular formula is C14H17NO3. The van der Waals surface area contributed by atoms with Crippen LogP contribution in [0, 0.1) is 0 Å². The molecule has 2 amide bonds. The zero-order valence-electron chi connectivity index (χ0n) is 10.7. The van der Waals surface area contributed by atoms with Gasteiger partial charge in [-0.15, -0.1) is 0 Å². The minimum absolute atomic E-state index is 0.132. The first-order valence-corrected chi connectivity index (χ1v) is 6.22. The largest absolute Gasteiger partial charge is 0.377 e. The molecule has 2 rings (SSSR count). The molecule has 0 N–H and O–H groups in total. The number of fused-ring (bicyclic) bond motifs is 1. The van der Waals surface area contributed by atoms with Gasteiger partial charge in [0.15, 0.2) is 0 Å². The van der Waals surface area contributed by atoms with Crippen molar-refractivity contribution < 1.29 is 14.3 Å². The van der Waals surface area contributed by atoms with E-state index in [2.05, 4.69) is 0 Å². The third kappa shape index (κ3) is 2.29. The fraction of sp³-hybridized carbons (Fsp3) is 0.429. The number of carbonyl (C=O) groups is 2. The molecule has 0 aliphatic carbocycles. The van der Waals surface area contributed by atoms with Gasteiger partial charge in [-0.2, -0.15) is 0 Å². The lowest BCUT2D eigenvalue weighted by atomic mass is 10.1. The second-order valence-electron chi connectivity index (χ2n) is 4.45. The summed E-state index contributed by atoms with van der Waals surface area (Å²) in [5.74, 6) is -0.440. The molecule has 1 aliphatic rings. The molecular weight excluding hydrogens is 230 g/mol. The smallest absolute Gasteiger partial charge is 0.261 e. The van der Waals surface area contributed by atoms with Gasteiger partial charge in [0.2, 0.25) is 0 Å². The van der Waals surface area contributed by atoms with E-state index >= 15 is 0 Å². The molecule has 1 aliphatic heterocycles. The van der Waals surface area contributed by atoms with Crippen LogP contribution in [-0.4, -0.2) is 36.0 Å². The summed E-state index contributed by atoms with van der Waals surface area (Å²) in [7, 11) is 0. The van der Waals surface area contributed by atoms with Gasteiger partial charge in [0, 0.05) is 6.61 Å². The summed E-state index contributed by atoms with van der Waals surface area (Å²) in [6.45, 7) is 4.85. The van der Waals surface area contributed by atoms with Crippen molar-refractivity contribution in [1.29, 1.82) is 0 Å².